The van der Waals surface area contributed by atoms with Crippen LogP contribution >= 0.6 is 0 Å². The van der Waals surface area contributed by atoms with E-state index in [4.69, 9.17) is 9.30 Å². The molecule has 2 aromatic rings. The van der Waals surface area contributed by atoms with E-state index in [1.54, 1.807) is 0 Å². The highest BCUT2D eigenvalue weighted by atomic mass is 17.1. The average molecular weight is 530 g/mol. The van der Waals surface area contributed by atoms with E-state index >= 15 is 0 Å². The van der Waals surface area contributed by atoms with Gasteiger partial charge in [0.15, 0.2) is 0 Å². The number of rotatable bonds is 13. The lowest BCUT2D eigenvalue weighted by Crippen LogP contribution is -2.29. The maximum absolute atomic E-state index is 10.0. The second-order valence-electron chi connectivity index (χ2n) is 10.2. The molecular weight excluding hydrogens is 484 g/mol. The molecule has 0 bridgehead atoms. The minimum Gasteiger partial charge on any atom is -0.456 e. The Morgan fingerprint density at radius 1 is 0.846 bits per heavy atom. The van der Waals surface area contributed by atoms with Crippen LogP contribution in [0.5, 0.6) is 0 Å². The van der Waals surface area contributed by atoms with Gasteiger partial charge in [-0.1, -0.05) is 56.9 Å². The van der Waals surface area contributed by atoms with E-state index in [1.807, 2.05) is 6.07 Å². The molecule has 39 heavy (non-hydrogen) atoms. The van der Waals surface area contributed by atoms with Gasteiger partial charge < -0.3 is 9.32 Å². The summed E-state index contributed by atoms with van der Waals surface area (Å²) in [6.07, 6.45) is 4.91. The minimum atomic E-state index is -0.384. The molecule has 0 saturated carbocycles. The summed E-state index contributed by atoms with van der Waals surface area (Å²) in [5.41, 5.74) is 6.27. The van der Waals surface area contributed by atoms with Gasteiger partial charge in [0.05, 0.1) is 6.07 Å². The largest absolute Gasteiger partial charge is 0.456 e. The molecule has 1 heterocycles. The molecule has 1 unspecified atom stereocenters. The molecule has 0 aromatic heterocycles. The normalized spacial score (nSPS) is 12.3. The Morgan fingerprint density at radius 2 is 1.62 bits per heavy atom. The third-order valence-corrected chi connectivity index (χ3v) is 7.97. The van der Waals surface area contributed by atoms with Gasteiger partial charge in [0, 0.05) is 47.4 Å². The molecule has 0 saturated heterocycles. The summed E-state index contributed by atoms with van der Waals surface area (Å²) in [7, 11) is 0. The molecule has 1 aliphatic heterocycles. The van der Waals surface area contributed by atoms with Crippen molar-refractivity contribution in [3.63, 3.8) is 0 Å². The van der Waals surface area contributed by atoms with Gasteiger partial charge in [-0.3, -0.25) is 5.26 Å². The Morgan fingerprint density at radius 3 is 2.31 bits per heavy atom. The average Bonchev–Trinajstić information content (AvgIpc) is 2.97. The molecule has 208 valence electrons. The van der Waals surface area contributed by atoms with E-state index in [0.29, 0.717) is 0 Å². The Balaban J connectivity index is 1.99. The number of fused-ring (bicyclic) bond motifs is 2. The van der Waals surface area contributed by atoms with E-state index in [0.717, 1.165) is 95.5 Å². The predicted octanol–water partition coefficient (Wildman–Crippen LogP) is 8.36. The van der Waals surface area contributed by atoms with E-state index in [1.165, 1.54) is 12.8 Å². The van der Waals surface area contributed by atoms with Crippen molar-refractivity contribution in [2.24, 2.45) is 0 Å². The van der Waals surface area contributed by atoms with Gasteiger partial charge in [0.2, 0.25) is 5.36 Å². The van der Waals surface area contributed by atoms with Crippen LogP contribution in [0.3, 0.4) is 0 Å². The highest BCUT2D eigenvalue weighted by Crippen LogP contribution is 2.44. The Hall–Kier alpha value is -3.15. The first kappa shape index (κ1) is 28.8. The highest BCUT2D eigenvalue weighted by Gasteiger charge is 2.24. The summed E-state index contributed by atoms with van der Waals surface area (Å²) in [4.78, 5) is 7.46. The zero-order chi connectivity index (χ0) is 27.8. The van der Waals surface area contributed by atoms with Crippen LogP contribution in [0.15, 0.2) is 65.1 Å². The lowest BCUT2D eigenvalue weighted by atomic mass is 9.88. The van der Waals surface area contributed by atoms with Crippen molar-refractivity contribution in [1.29, 1.82) is 0 Å². The maximum atomic E-state index is 10.0. The van der Waals surface area contributed by atoms with Crippen LogP contribution in [0, 0.1) is 0 Å². The molecule has 0 spiro atoms. The summed E-state index contributed by atoms with van der Waals surface area (Å²) in [5, 5.41) is 12.2. The molecule has 0 radical (unpaired) electrons. The maximum Gasteiger partial charge on any atom is 0.203 e. The van der Waals surface area contributed by atoms with E-state index < -0.39 is 0 Å². The fourth-order valence-corrected chi connectivity index (χ4v) is 5.76. The van der Waals surface area contributed by atoms with E-state index in [9.17, 15) is 5.26 Å². The summed E-state index contributed by atoms with van der Waals surface area (Å²) >= 11 is 0. The van der Waals surface area contributed by atoms with Gasteiger partial charge in [0.1, 0.15) is 30.5 Å². The van der Waals surface area contributed by atoms with Crippen molar-refractivity contribution in [2.45, 2.75) is 72.8 Å². The summed E-state index contributed by atoms with van der Waals surface area (Å²) in [6, 6.07) is 21.4. The first-order valence-corrected chi connectivity index (χ1v) is 14.8. The van der Waals surface area contributed by atoms with Crippen molar-refractivity contribution >= 4 is 16.7 Å². The third-order valence-electron chi connectivity index (χ3n) is 7.97. The topological polar surface area (TPSA) is 48.9 Å². The van der Waals surface area contributed by atoms with Crippen LogP contribution in [-0.2, 0) is 4.89 Å². The summed E-state index contributed by atoms with van der Waals surface area (Å²) < 4.78 is 8.99. The molecule has 1 aliphatic carbocycles. The smallest absolute Gasteiger partial charge is 0.203 e. The van der Waals surface area contributed by atoms with Gasteiger partial charge in [-0.2, -0.15) is 0 Å². The van der Waals surface area contributed by atoms with E-state index in [-0.39, 0.29) is 6.10 Å². The van der Waals surface area contributed by atoms with Crippen molar-refractivity contribution in [2.75, 3.05) is 31.1 Å². The fraction of sp³-hybridized carbons (Fsp3) is 0.441. The first-order chi connectivity index (χ1) is 19.1. The molecule has 5 nitrogen and oxygen atoms in total. The third kappa shape index (κ3) is 6.21. The second-order valence-corrected chi connectivity index (χ2v) is 10.2. The minimum absolute atomic E-state index is 0.384. The van der Waals surface area contributed by atoms with Crippen molar-refractivity contribution in [3.8, 4) is 22.5 Å². The van der Waals surface area contributed by atoms with E-state index in [2.05, 4.69) is 98.7 Å². The van der Waals surface area contributed by atoms with Gasteiger partial charge >= 0.3 is 0 Å². The quantitative estimate of drug-likeness (QED) is 0.0621. The Labute approximate surface area is 233 Å². The van der Waals surface area contributed by atoms with Crippen LogP contribution in [-0.4, -0.2) is 31.4 Å². The fourth-order valence-electron chi connectivity index (χ4n) is 5.76. The number of hydrogen-bond donors (Lipinski definition) is 1. The molecular formula is C34H45N2O3+. The predicted molar refractivity (Wildman–Crippen MR) is 163 cm³/mol. The molecule has 2 aromatic carbocycles. The Bertz CT molecular complexity index is 1400. The van der Waals surface area contributed by atoms with Crippen LogP contribution in [0.1, 0.15) is 78.4 Å². The van der Waals surface area contributed by atoms with Crippen molar-refractivity contribution in [3.05, 3.63) is 71.6 Å². The Kier molecular flexibility index (Phi) is 10.2. The number of anilines is 1. The van der Waals surface area contributed by atoms with Gasteiger partial charge in [0.25, 0.3) is 0 Å². The lowest BCUT2D eigenvalue weighted by Gasteiger charge is -2.23. The van der Waals surface area contributed by atoms with Gasteiger partial charge in [-0.15, -0.1) is 0 Å². The van der Waals surface area contributed by atoms with Crippen LogP contribution in [0.25, 0.3) is 33.4 Å². The summed E-state index contributed by atoms with van der Waals surface area (Å²) in [5.74, 6) is 0.859. The van der Waals surface area contributed by atoms with Gasteiger partial charge in [-0.25, -0.2) is 9.46 Å². The molecule has 2 aliphatic rings. The molecule has 0 fully saturated rings. The number of benzene rings is 3. The molecule has 5 heteroatoms. The number of unbranched alkanes of at least 4 members (excludes halogenated alkanes) is 3. The monoisotopic (exact) mass is 529 g/mol. The zero-order valence-electron chi connectivity index (χ0n) is 24.4. The first-order valence-electron chi connectivity index (χ1n) is 14.8. The molecule has 1 N–H and O–H groups in total. The number of nitrogens with zero attached hydrogens (tertiary/aromatic N) is 2. The molecule has 0 amide bonds. The number of hydrogen-bond acceptors (Lipinski definition) is 4. The van der Waals surface area contributed by atoms with Crippen molar-refractivity contribution < 1.29 is 14.6 Å². The van der Waals surface area contributed by atoms with Crippen molar-refractivity contribution in [1.82, 2.24) is 4.58 Å². The molecule has 4 rings (SSSR count). The molecule has 1 atom stereocenters. The SMILES string of the molecule is CCCCCCC(OO)c1ccccc1-c1c2ccc(=[N+](CC)CC)cc-2oc2cc(N(CC)CC)ccc12. The van der Waals surface area contributed by atoms with Crippen LogP contribution in [0.4, 0.5) is 5.69 Å². The second kappa shape index (κ2) is 13.8. The standard InChI is InChI=1S/C34H44N2O3/c1-6-11-12-13-18-31(39-37)27-16-14-15-17-28(27)34-29-21-19-25(35(7-2)8-3)23-32(29)38-33-24-26(20-22-30(33)34)36(9-4)10-5/h14-17,19-24,31H,6-13,18H2,1-5H3/p+1. The van der Waals surface area contributed by atoms with Crippen LogP contribution in [0.2, 0.25) is 0 Å². The zero-order valence-corrected chi connectivity index (χ0v) is 24.4. The summed E-state index contributed by atoms with van der Waals surface area (Å²) in [6.45, 7) is 14.7. The lowest BCUT2D eigenvalue weighted by molar-refractivity contribution is -0.283. The van der Waals surface area contributed by atoms with Gasteiger partial charge in [-0.05, 0) is 63.4 Å². The highest BCUT2D eigenvalue weighted by molar-refractivity contribution is 6.03. The van der Waals surface area contributed by atoms with Crippen LogP contribution < -0.4 is 14.8 Å².